The quantitative estimate of drug-likeness (QED) is 0.905. The number of rotatable bonds is 2. The highest BCUT2D eigenvalue weighted by Crippen LogP contribution is 2.31. The summed E-state index contributed by atoms with van der Waals surface area (Å²) in [5.74, 6) is 0.0908. The number of ether oxygens (including phenoxy) is 1. The fourth-order valence-electron chi connectivity index (χ4n) is 3.08. The van der Waals surface area contributed by atoms with Crippen LogP contribution >= 0.6 is 11.6 Å². The summed E-state index contributed by atoms with van der Waals surface area (Å²) < 4.78 is 5.52. The molecule has 20 heavy (non-hydrogen) atoms. The number of carbonyl (C=O) groups is 1. The van der Waals surface area contributed by atoms with Gasteiger partial charge in [-0.3, -0.25) is 4.79 Å². The molecule has 2 saturated heterocycles. The van der Waals surface area contributed by atoms with E-state index in [1.54, 1.807) is 0 Å². The molecule has 2 aliphatic rings. The van der Waals surface area contributed by atoms with Crippen LogP contribution in [0, 0.1) is 0 Å². The molecule has 3 rings (SSSR count). The SMILES string of the molecule is O=C1COCC2(CCNCC2)N1Cc1ccc(Cl)cc1. The molecule has 1 amide bonds. The van der Waals surface area contributed by atoms with E-state index in [1.807, 2.05) is 29.2 Å². The van der Waals surface area contributed by atoms with E-state index in [-0.39, 0.29) is 18.1 Å². The molecule has 1 N–H and O–H groups in total. The van der Waals surface area contributed by atoms with Crippen molar-refractivity contribution in [2.45, 2.75) is 24.9 Å². The summed E-state index contributed by atoms with van der Waals surface area (Å²) in [6.07, 6.45) is 1.90. The van der Waals surface area contributed by atoms with E-state index in [0.717, 1.165) is 36.5 Å². The second-order valence-electron chi connectivity index (χ2n) is 5.57. The first-order valence-electron chi connectivity index (χ1n) is 7.03. The number of halogens is 1. The van der Waals surface area contributed by atoms with Crippen LogP contribution in [-0.2, 0) is 16.1 Å². The lowest BCUT2D eigenvalue weighted by atomic mass is 9.85. The summed E-state index contributed by atoms with van der Waals surface area (Å²) in [4.78, 5) is 14.3. The topological polar surface area (TPSA) is 41.6 Å². The minimum atomic E-state index is -0.139. The van der Waals surface area contributed by atoms with Crippen molar-refractivity contribution < 1.29 is 9.53 Å². The molecule has 0 radical (unpaired) electrons. The maximum atomic E-state index is 12.3. The predicted molar refractivity (Wildman–Crippen MR) is 77.7 cm³/mol. The van der Waals surface area contributed by atoms with Crippen molar-refractivity contribution >= 4 is 17.5 Å². The van der Waals surface area contributed by atoms with E-state index in [4.69, 9.17) is 16.3 Å². The lowest BCUT2D eigenvalue weighted by molar-refractivity contribution is -0.162. The molecule has 4 nitrogen and oxygen atoms in total. The largest absolute Gasteiger partial charge is 0.369 e. The van der Waals surface area contributed by atoms with Crippen LogP contribution in [0.5, 0.6) is 0 Å². The molecule has 0 saturated carbocycles. The Labute approximate surface area is 124 Å². The summed E-state index contributed by atoms with van der Waals surface area (Å²) in [6, 6.07) is 7.72. The van der Waals surface area contributed by atoms with Gasteiger partial charge in [0.25, 0.3) is 0 Å². The minimum absolute atomic E-state index is 0.0908. The van der Waals surface area contributed by atoms with Gasteiger partial charge in [-0.2, -0.15) is 0 Å². The number of amides is 1. The van der Waals surface area contributed by atoms with Crippen molar-refractivity contribution in [2.24, 2.45) is 0 Å². The van der Waals surface area contributed by atoms with E-state index in [0.29, 0.717) is 13.2 Å². The van der Waals surface area contributed by atoms with Crippen molar-refractivity contribution in [3.63, 3.8) is 0 Å². The average Bonchev–Trinajstić information content (AvgIpc) is 2.46. The summed E-state index contributed by atoms with van der Waals surface area (Å²) in [5, 5.41) is 4.07. The lowest BCUT2D eigenvalue weighted by Gasteiger charge is -2.49. The summed E-state index contributed by atoms with van der Waals surface area (Å²) in [5.41, 5.74) is 0.975. The zero-order valence-corrected chi connectivity index (χ0v) is 12.2. The van der Waals surface area contributed by atoms with Gasteiger partial charge in [-0.1, -0.05) is 23.7 Å². The Morgan fingerprint density at radius 2 is 1.95 bits per heavy atom. The first-order chi connectivity index (χ1) is 9.70. The number of hydrogen-bond acceptors (Lipinski definition) is 3. The lowest BCUT2D eigenvalue weighted by Crippen LogP contribution is -2.62. The standard InChI is InChI=1S/C15H19ClN2O2/c16-13-3-1-12(2-4-13)9-18-14(19)10-20-11-15(18)5-7-17-8-6-15/h1-4,17H,5-11H2. The third-order valence-electron chi connectivity index (χ3n) is 4.26. The molecule has 0 atom stereocenters. The molecule has 108 valence electrons. The Balaban J connectivity index is 1.82. The van der Waals surface area contributed by atoms with Gasteiger partial charge >= 0.3 is 0 Å². The number of benzene rings is 1. The number of hydrogen-bond donors (Lipinski definition) is 1. The average molecular weight is 295 g/mol. The molecular formula is C15H19ClN2O2. The van der Waals surface area contributed by atoms with E-state index in [2.05, 4.69) is 5.32 Å². The molecule has 1 spiro atoms. The molecule has 0 unspecified atom stereocenters. The molecule has 1 aromatic rings. The third-order valence-corrected chi connectivity index (χ3v) is 4.51. The van der Waals surface area contributed by atoms with Gasteiger partial charge in [-0.05, 0) is 43.6 Å². The zero-order valence-electron chi connectivity index (χ0n) is 11.4. The van der Waals surface area contributed by atoms with Crippen LogP contribution in [0.4, 0.5) is 0 Å². The van der Waals surface area contributed by atoms with Gasteiger partial charge in [0.05, 0.1) is 12.1 Å². The second kappa shape index (κ2) is 5.72. The molecule has 1 aromatic carbocycles. The minimum Gasteiger partial charge on any atom is -0.369 e. The maximum absolute atomic E-state index is 12.3. The summed E-state index contributed by atoms with van der Waals surface area (Å²) >= 11 is 5.92. The summed E-state index contributed by atoms with van der Waals surface area (Å²) in [6.45, 7) is 3.36. The Bertz CT molecular complexity index is 478. The van der Waals surface area contributed by atoms with E-state index < -0.39 is 0 Å². The second-order valence-corrected chi connectivity index (χ2v) is 6.01. The van der Waals surface area contributed by atoms with Crippen molar-refractivity contribution in [1.29, 1.82) is 0 Å². The Kier molecular flexibility index (Phi) is 3.96. The number of piperidine rings is 1. The molecule has 0 bridgehead atoms. The maximum Gasteiger partial charge on any atom is 0.249 e. The van der Waals surface area contributed by atoms with E-state index >= 15 is 0 Å². The van der Waals surface area contributed by atoms with Gasteiger partial charge in [0.15, 0.2) is 0 Å². The van der Waals surface area contributed by atoms with Crippen molar-refractivity contribution in [1.82, 2.24) is 10.2 Å². The van der Waals surface area contributed by atoms with Crippen LogP contribution in [0.2, 0.25) is 5.02 Å². The monoisotopic (exact) mass is 294 g/mol. The Hall–Kier alpha value is -1.10. The van der Waals surface area contributed by atoms with Crippen LogP contribution < -0.4 is 5.32 Å². The molecule has 2 aliphatic heterocycles. The first-order valence-corrected chi connectivity index (χ1v) is 7.41. The number of carbonyl (C=O) groups excluding carboxylic acids is 1. The van der Waals surface area contributed by atoms with Crippen LogP contribution in [-0.4, -0.2) is 42.6 Å². The van der Waals surface area contributed by atoms with E-state index in [9.17, 15) is 4.79 Å². The molecule has 2 heterocycles. The van der Waals surface area contributed by atoms with Gasteiger partial charge in [-0.25, -0.2) is 0 Å². The van der Waals surface area contributed by atoms with Gasteiger partial charge in [0, 0.05) is 11.6 Å². The van der Waals surface area contributed by atoms with Crippen molar-refractivity contribution in [3.8, 4) is 0 Å². The molecule has 5 heteroatoms. The molecule has 0 aromatic heterocycles. The van der Waals surface area contributed by atoms with Gasteiger partial charge in [0.1, 0.15) is 6.61 Å². The Morgan fingerprint density at radius 1 is 1.25 bits per heavy atom. The van der Waals surface area contributed by atoms with Gasteiger partial charge in [0.2, 0.25) is 5.91 Å². The summed E-state index contributed by atoms with van der Waals surface area (Å²) in [7, 11) is 0. The molecule has 0 aliphatic carbocycles. The third kappa shape index (κ3) is 2.68. The number of morpholine rings is 1. The normalized spacial score (nSPS) is 22.2. The van der Waals surface area contributed by atoms with Crippen LogP contribution in [0.3, 0.4) is 0 Å². The predicted octanol–water partition coefficient (Wildman–Crippen LogP) is 1.82. The van der Waals surface area contributed by atoms with E-state index in [1.165, 1.54) is 0 Å². The molecular weight excluding hydrogens is 276 g/mol. The van der Waals surface area contributed by atoms with Gasteiger partial charge in [-0.15, -0.1) is 0 Å². The van der Waals surface area contributed by atoms with Gasteiger partial charge < -0.3 is 15.0 Å². The highest BCUT2D eigenvalue weighted by atomic mass is 35.5. The zero-order chi connectivity index (χ0) is 14.0. The number of nitrogens with zero attached hydrogens (tertiary/aromatic N) is 1. The number of nitrogens with one attached hydrogen (secondary N) is 1. The molecule has 2 fully saturated rings. The highest BCUT2D eigenvalue weighted by molar-refractivity contribution is 6.30. The van der Waals surface area contributed by atoms with Crippen LogP contribution in [0.15, 0.2) is 24.3 Å². The van der Waals surface area contributed by atoms with Crippen molar-refractivity contribution in [3.05, 3.63) is 34.9 Å². The Morgan fingerprint density at radius 3 is 2.65 bits per heavy atom. The highest BCUT2D eigenvalue weighted by Gasteiger charge is 2.43. The first kappa shape index (κ1) is 13.9. The van der Waals surface area contributed by atoms with Crippen LogP contribution in [0.25, 0.3) is 0 Å². The van der Waals surface area contributed by atoms with Crippen molar-refractivity contribution in [2.75, 3.05) is 26.3 Å². The smallest absolute Gasteiger partial charge is 0.249 e. The fourth-order valence-corrected chi connectivity index (χ4v) is 3.21. The fraction of sp³-hybridized carbons (Fsp3) is 0.533. The van der Waals surface area contributed by atoms with Crippen LogP contribution in [0.1, 0.15) is 18.4 Å².